The summed E-state index contributed by atoms with van der Waals surface area (Å²) < 4.78 is 15.5. The molecule has 0 radical (unpaired) electrons. The van der Waals surface area contributed by atoms with Crippen molar-refractivity contribution >= 4 is 16.8 Å². The maximum Gasteiger partial charge on any atom is 0.223 e. The van der Waals surface area contributed by atoms with Gasteiger partial charge in [0.2, 0.25) is 5.91 Å². The Morgan fingerprint density at radius 1 is 1.03 bits per heavy atom. The van der Waals surface area contributed by atoms with Gasteiger partial charge in [0, 0.05) is 43.2 Å². The summed E-state index contributed by atoms with van der Waals surface area (Å²) in [5, 5.41) is 1.21. The summed E-state index contributed by atoms with van der Waals surface area (Å²) in [5.74, 6) is 0.609. The van der Waals surface area contributed by atoms with Crippen LogP contribution in [-0.2, 0) is 11.3 Å². The van der Waals surface area contributed by atoms with Crippen LogP contribution in [0.15, 0.2) is 54.7 Å². The number of fused-ring (bicyclic) bond motifs is 1. The van der Waals surface area contributed by atoms with Crippen molar-refractivity contribution in [3.8, 4) is 0 Å². The second kappa shape index (κ2) is 8.40. The highest BCUT2D eigenvalue weighted by Crippen LogP contribution is 2.35. The lowest BCUT2D eigenvalue weighted by Crippen LogP contribution is -2.29. The molecule has 2 aromatic carbocycles. The molecule has 1 aliphatic heterocycles. The third-order valence-corrected chi connectivity index (χ3v) is 6.14. The smallest absolute Gasteiger partial charge is 0.223 e. The quantitative estimate of drug-likeness (QED) is 0.537. The van der Waals surface area contributed by atoms with Crippen molar-refractivity contribution in [3.05, 3.63) is 71.7 Å². The fourth-order valence-electron chi connectivity index (χ4n) is 4.48. The molecule has 0 spiro atoms. The minimum Gasteiger partial charge on any atom is -0.343 e. The minimum absolute atomic E-state index is 0.183. The van der Waals surface area contributed by atoms with Gasteiger partial charge in [-0.15, -0.1) is 0 Å². The van der Waals surface area contributed by atoms with Crippen molar-refractivity contribution in [1.82, 2.24) is 9.47 Å². The van der Waals surface area contributed by atoms with Crippen molar-refractivity contribution in [2.45, 2.75) is 45.6 Å². The third kappa shape index (κ3) is 4.21. The fourth-order valence-corrected chi connectivity index (χ4v) is 4.48. The van der Waals surface area contributed by atoms with Crippen molar-refractivity contribution in [2.75, 3.05) is 13.1 Å². The largest absolute Gasteiger partial charge is 0.343 e. The molecular formula is C25H29FN2O. The second-order valence-corrected chi connectivity index (χ2v) is 8.50. The van der Waals surface area contributed by atoms with E-state index in [1.54, 1.807) is 0 Å². The van der Waals surface area contributed by atoms with E-state index >= 15 is 0 Å². The van der Waals surface area contributed by atoms with Crippen LogP contribution in [0.1, 0.15) is 50.2 Å². The van der Waals surface area contributed by atoms with Crippen molar-refractivity contribution in [2.24, 2.45) is 5.92 Å². The number of carbonyl (C=O) groups excluding carboxylic acids is 1. The lowest BCUT2D eigenvalue weighted by Gasteiger charge is -2.23. The Morgan fingerprint density at radius 2 is 1.72 bits per heavy atom. The van der Waals surface area contributed by atoms with E-state index < -0.39 is 0 Å². The molecule has 29 heavy (non-hydrogen) atoms. The summed E-state index contributed by atoms with van der Waals surface area (Å²) >= 11 is 0. The molecule has 152 valence electrons. The van der Waals surface area contributed by atoms with Crippen LogP contribution < -0.4 is 0 Å². The van der Waals surface area contributed by atoms with Gasteiger partial charge >= 0.3 is 0 Å². The van der Waals surface area contributed by atoms with Crippen LogP contribution in [0.4, 0.5) is 4.39 Å². The van der Waals surface area contributed by atoms with E-state index in [4.69, 9.17) is 0 Å². The highest BCUT2D eigenvalue weighted by Gasteiger charge is 2.27. The molecule has 4 rings (SSSR count). The van der Waals surface area contributed by atoms with E-state index in [0.717, 1.165) is 37.0 Å². The van der Waals surface area contributed by atoms with Gasteiger partial charge in [0.15, 0.2) is 0 Å². The zero-order valence-electron chi connectivity index (χ0n) is 17.3. The summed E-state index contributed by atoms with van der Waals surface area (Å²) in [4.78, 5) is 14.9. The number of carbonyl (C=O) groups is 1. The molecule has 0 aliphatic carbocycles. The average Bonchev–Trinajstić information content (AvgIpc) is 3.37. The predicted molar refractivity (Wildman–Crippen MR) is 115 cm³/mol. The van der Waals surface area contributed by atoms with Crippen molar-refractivity contribution in [1.29, 1.82) is 0 Å². The Labute approximate surface area is 172 Å². The van der Waals surface area contributed by atoms with Gasteiger partial charge in [0.05, 0.1) is 0 Å². The van der Waals surface area contributed by atoms with Crippen LogP contribution in [0.5, 0.6) is 0 Å². The lowest BCUT2D eigenvalue weighted by atomic mass is 9.85. The highest BCUT2D eigenvalue weighted by molar-refractivity contribution is 5.86. The number of aromatic nitrogens is 1. The Balaban J connectivity index is 1.67. The first-order chi connectivity index (χ1) is 14.0. The number of halogens is 1. The number of nitrogens with zero attached hydrogens (tertiary/aromatic N) is 2. The molecule has 0 N–H and O–H groups in total. The van der Waals surface area contributed by atoms with E-state index in [2.05, 4.69) is 42.8 Å². The second-order valence-electron chi connectivity index (χ2n) is 8.50. The summed E-state index contributed by atoms with van der Waals surface area (Å²) in [6.45, 7) is 6.89. The molecule has 1 aliphatic rings. The molecule has 1 fully saturated rings. The van der Waals surface area contributed by atoms with Crippen LogP contribution in [0, 0.1) is 11.7 Å². The first-order valence-electron chi connectivity index (χ1n) is 10.6. The van der Waals surface area contributed by atoms with Gasteiger partial charge in [0.25, 0.3) is 0 Å². The third-order valence-electron chi connectivity index (χ3n) is 6.14. The molecule has 1 aromatic heterocycles. The number of hydrogen-bond donors (Lipinski definition) is 0. The summed E-state index contributed by atoms with van der Waals surface area (Å²) in [6, 6.07) is 15.1. The number of benzene rings is 2. The van der Waals surface area contributed by atoms with Crippen molar-refractivity contribution < 1.29 is 9.18 Å². The van der Waals surface area contributed by atoms with E-state index in [1.165, 1.54) is 23.1 Å². The standard InChI is InChI=1S/C25H29FN2O/c1-18(2)22(15-25(29)27-13-5-6-14-27)23-17-28(24-8-4-3-7-21(23)24)16-19-9-11-20(26)12-10-19/h3-4,7-12,17-18,22H,5-6,13-16H2,1-2H3/t22-/m0/s1. The summed E-state index contributed by atoms with van der Waals surface area (Å²) in [7, 11) is 0. The molecule has 0 bridgehead atoms. The van der Waals surface area contributed by atoms with Gasteiger partial charge in [-0.1, -0.05) is 44.2 Å². The van der Waals surface area contributed by atoms with E-state index in [9.17, 15) is 9.18 Å². The average molecular weight is 393 g/mol. The van der Waals surface area contributed by atoms with E-state index in [1.807, 2.05) is 23.1 Å². The monoisotopic (exact) mass is 392 g/mol. The SMILES string of the molecule is CC(C)[C@H](CC(=O)N1CCCC1)c1cn(Cc2ccc(F)cc2)c2ccccc12. The maximum atomic E-state index is 13.3. The first kappa shape index (κ1) is 19.7. The van der Waals surface area contributed by atoms with Gasteiger partial charge in [-0.25, -0.2) is 4.39 Å². The molecular weight excluding hydrogens is 363 g/mol. The normalized spacial score (nSPS) is 15.4. The Bertz CT molecular complexity index is 984. The number of para-hydroxylation sites is 1. The van der Waals surface area contributed by atoms with Crippen LogP contribution >= 0.6 is 0 Å². The molecule has 1 saturated heterocycles. The number of hydrogen-bond acceptors (Lipinski definition) is 1. The Kier molecular flexibility index (Phi) is 5.70. The molecule has 3 nitrogen and oxygen atoms in total. The van der Waals surface area contributed by atoms with Gasteiger partial charge in [-0.3, -0.25) is 4.79 Å². The zero-order chi connectivity index (χ0) is 20.4. The van der Waals surface area contributed by atoms with E-state index in [-0.39, 0.29) is 17.6 Å². The molecule has 4 heteroatoms. The van der Waals surface area contributed by atoms with Crippen LogP contribution in [0.25, 0.3) is 10.9 Å². The minimum atomic E-state index is -0.216. The number of amides is 1. The van der Waals surface area contributed by atoms with E-state index in [0.29, 0.717) is 18.9 Å². The van der Waals surface area contributed by atoms with Gasteiger partial charge < -0.3 is 9.47 Å². The first-order valence-corrected chi connectivity index (χ1v) is 10.6. The summed E-state index contributed by atoms with van der Waals surface area (Å²) in [6.07, 6.45) is 5.00. The lowest BCUT2D eigenvalue weighted by molar-refractivity contribution is -0.130. The fraction of sp³-hybridized carbons (Fsp3) is 0.400. The zero-order valence-corrected chi connectivity index (χ0v) is 17.3. The molecule has 0 saturated carbocycles. The highest BCUT2D eigenvalue weighted by atomic mass is 19.1. The Hall–Kier alpha value is -2.62. The maximum absolute atomic E-state index is 13.3. The van der Waals surface area contributed by atoms with Crippen LogP contribution in [0.2, 0.25) is 0 Å². The number of likely N-dealkylation sites (tertiary alicyclic amines) is 1. The topological polar surface area (TPSA) is 25.2 Å². The molecule has 2 heterocycles. The molecule has 1 amide bonds. The molecule has 0 unspecified atom stereocenters. The summed E-state index contributed by atoms with van der Waals surface area (Å²) in [5.41, 5.74) is 3.46. The molecule has 3 aromatic rings. The van der Waals surface area contributed by atoms with Gasteiger partial charge in [0.1, 0.15) is 5.82 Å². The van der Waals surface area contributed by atoms with Crippen LogP contribution in [-0.4, -0.2) is 28.5 Å². The van der Waals surface area contributed by atoms with Crippen molar-refractivity contribution in [3.63, 3.8) is 0 Å². The predicted octanol–water partition coefficient (Wildman–Crippen LogP) is 5.58. The van der Waals surface area contributed by atoms with Crippen LogP contribution in [0.3, 0.4) is 0 Å². The van der Waals surface area contributed by atoms with Gasteiger partial charge in [-0.05, 0) is 54.0 Å². The van der Waals surface area contributed by atoms with Gasteiger partial charge in [-0.2, -0.15) is 0 Å². The Morgan fingerprint density at radius 3 is 2.41 bits per heavy atom. The molecule has 1 atom stereocenters. The number of rotatable bonds is 6.